The van der Waals surface area contributed by atoms with E-state index >= 15 is 0 Å². The van der Waals surface area contributed by atoms with Crippen LogP contribution in [0.1, 0.15) is 41.5 Å². The van der Waals surface area contributed by atoms with E-state index in [-0.39, 0.29) is 10.3 Å². The van der Waals surface area contributed by atoms with Gasteiger partial charge in [-0.1, -0.05) is 0 Å². The Morgan fingerprint density at radius 1 is 0.667 bits per heavy atom. The molecule has 12 heavy (non-hydrogen) atoms. The SMILES string of the molecule is CC(C)(C)P(Cl)(Cl)(Cl)C(C)(C)C. The molecule has 0 bridgehead atoms. The summed E-state index contributed by atoms with van der Waals surface area (Å²) >= 11 is 19.2. The molecule has 0 radical (unpaired) electrons. The van der Waals surface area contributed by atoms with Crippen molar-refractivity contribution in [3.05, 3.63) is 0 Å². The van der Waals surface area contributed by atoms with Gasteiger partial charge in [0.25, 0.3) is 0 Å². The van der Waals surface area contributed by atoms with Gasteiger partial charge in [-0.3, -0.25) is 0 Å². The average Bonchev–Trinajstić information content (AvgIpc) is 1.55. The summed E-state index contributed by atoms with van der Waals surface area (Å²) in [5.74, 6) is 0. The van der Waals surface area contributed by atoms with Crippen LogP contribution >= 0.6 is 38.4 Å². The van der Waals surface area contributed by atoms with E-state index in [0.29, 0.717) is 0 Å². The summed E-state index contributed by atoms with van der Waals surface area (Å²) in [7, 11) is 0. The fraction of sp³-hybridized carbons (Fsp3) is 1.00. The molecule has 0 aliphatic carbocycles. The van der Waals surface area contributed by atoms with Gasteiger partial charge in [0.05, 0.1) is 0 Å². The van der Waals surface area contributed by atoms with Gasteiger partial charge in [0, 0.05) is 0 Å². The van der Waals surface area contributed by atoms with Crippen molar-refractivity contribution in [2.75, 3.05) is 0 Å². The molecule has 0 nitrogen and oxygen atoms in total. The Bertz CT molecular complexity index is 159. The van der Waals surface area contributed by atoms with Gasteiger partial charge in [-0.15, -0.1) is 0 Å². The minimum atomic E-state index is -3.16. The Labute approximate surface area is 90.3 Å². The third-order valence-electron chi connectivity index (χ3n) is 2.19. The Morgan fingerprint density at radius 2 is 0.833 bits per heavy atom. The number of rotatable bonds is 0. The van der Waals surface area contributed by atoms with Gasteiger partial charge in [-0.25, -0.2) is 0 Å². The zero-order valence-corrected chi connectivity index (χ0v) is 11.7. The van der Waals surface area contributed by atoms with Gasteiger partial charge in [-0.05, 0) is 0 Å². The van der Waals surface area contributed by atoms with Crippen LogP contribution in [0, 0.1) is 0 Å². The minimum absolute atomic E-state index is 0.255. The first-order valence-corrected chi connectivity index (χ1v) is 8.91. The van der Waals surface area contributed by atoms with Crippen molar-refractivity contribution in [3.8, 4) is 0 Å². The third-order valence-corrected chi connectivity index (χ3v) is 15.7. The quantitative estimate of drug-likeness (QED) is 0.492. The van der Waals surface area contributed by atoms with Crippen molar-refractivity contribution in [2.45, 2.75) is 51.9 Å². The maximum atomic E-state index is 6.41. The number of hydrogen-bond donors (Lipinski definition) is 0. The molecule has 4 heteroatoms. The molecule has 0 aromatic heterocycles. The van der Waals surface area contributed by atoms with Crippen molar-refractivity contribution >= 4 is 38.4 Å². The summed E-state index contributed by atoms with van der Waals surface area (Å²) in [6, 6.07) is 0. The van der Waals surface area contributed by atoms with Crippen molar-refractivity contribution in [1.82, 2.24) is 0 Å². The van der Waals surface area contributed by atoms with Gasteiger partial charge in [0.1, 0.15) is 0 Å². The molecule has 0 aromatic rings. The molecule has 0 aliphatic rings. The predicted molar refractivity (Wildman–Crippen MR) is 64.0 cm³/mol. The second kappa shape index (κ2) is 2.89. The molecule has 76 valence electrons. The summed E-state index contributed by atoms with van der Waals surface area (Å²) in [5, 5.41) is -0.511. The van der Waals surface area contributed by atoms with Gasteiger partial charge in [-0.2, -0.15) is 0 Å². The molecule has 0 saturated heterocycles. The summed E-state index contributed by atoms with van der Waals surface area (Å²) in [6.45, 7) is 11.9. The fourth-order valence-electron chi connectivity index (χ4n) is 1.01. The van der Waals surface area contributed by atoms with Crippen LogP contribution in [0.15, 0.2) is 0 Å². The maximum absolute atomic E-state index is 6.41. The fourth-order valence-corrected chi connectivity index (χ4v) is 3.02. The summed E-state index contributed by atoms with van der Waals surface area (Å²) in [6.07, 6.45) is 0. The first kappa shape index (κ1) is 13.3. The van der Waals surface area contributed by atoms with Crippen molar-refractivity contribution in [3.63, 3.8) is 0 Å². The number of halogens is 3. The first-order chi connectivity index (χ1) is 4.79. The van der Waals surface area contributed by atoms with Crippen molar-refractivity contribution in [1.29, 1.82) is 0 Å². The average molecular weight is 252 g/mol. The molecule has 0 fully saturated rings. The molecule has 0 aliphatic heterocycles. The monoisotopic (exact) mass is 250 g/mol. The zero-order valence-electron chi connectivity index (χ0n) is 8.58. The molecule has 0 heterocycles. The Hall–Kier alpha value is 1.30. The standard InChI is InChI=1S/C8H18Cl3P/c1-7(2,3)12(9,10,11)8(4,5)6/h1-6H3. The summed E-state index contributed by atoms with van der Waals surface area (Å²) in [4.78, 5) is 0. The van der Waals surface area contributed by atoms with E-state index in [2.05, 4.69) is 0 Å². The summed E-state index contributed by atoms with van der Waals surface area (Å²) in [5.41, 5.74) is 0. The summed E-state index contributed by atoms with van der Waals surface area (Å²) < 4.78 is -3.16. The third kappa shape index (κ3) is 1.87. The van der Waals surface area contributed by atoms with Crippen LogP contribution in [-0.4, -0.2) is 10.3 Å². The van der Waals surface area contributed by atoms with Crippen LogP contribution in [0.25, 0.3) is 0 Å². The van der Waals surface area contributed by atoms with Crippen LogP contribution in [0.2, 0.25) is 0 Å². The van der Waals surface area contributed by atoms with Crippen LogP contribution in [0.5, 0.6) is 0 Å². The molecular weight excluding hydrogens is 233 g/mol. The van der Waals surface area contributed by atoms with E-state index in [1.165, 1.54) is 0 Å². The van der Waals surface area contributed by atoms with E-state index in [1.807, 2.05) is 41.5 Å². The van der Waals surface area contributed by atoms with Gasteiger partial charge in [0.2, 0.25) is 0 Å². The van der Waals surface area contributed by atoms with E-state index in [1.54, 1.807) is 0 Å². The van der Waals surface area contributed by atoms with Crippen LogP contribution in [0.4, 0.5) is 0 Å². The van der Waals surface area contributed by atoms with Crippen molar-refractivity contribution in [2.24, 2.45) is 0 Å². The molecule has 0 unspecified atom stereocenters. The molecule has 0 N–H and O–H groups in total. The second-order valence-corrected chi connectivity index (χ2v) is 17.1. The molecule has 0 aromatic carbocycles. The van der Waals surface area contributed by atoms with Gasteiger partial charge >= 0.3 is 90.2 Å². The molecule has 0 atom stereocenters. The van der Waals surface area contributed by atoms with E-state index in [0.717, 1.165) is 0 Å². The molecule has 0 amide bonds. The van der Waals surface area contributed by atoms with Crippen LogP contribution < -0.4 is 0 Å². The predicted octanol–water partition coefficient (Wildman–Crippen LogP) is 5.60. The van der Waals surface area contributed by atoms with E-state index < -0.39 is 4.66 Å². The Morgan fingerprint density at radius 3 is 0.833 bits per heavy atom. The van der Waals surface area contributed by atoms with Crippen LogP contribution in [-0.2, 0) is 0 Å². The Kier molecular flexibility index (Phi) is 3.21. The van der Waals surface area contributed by atoms with Crippen molar-refractivity contribution < 1.29 is 0 Å². The van der Waals surface area contributed by atoms with E-state index in [4.69, 9.17) is 33.7 Å². The molecule has 0 saturated carbocycles. The molecule has 0 rings (SSSR count). The van der Waals surface area contributed by atoms with Crippen LogP contribution in [0.3, 0.4) is 0 Å². The van der Waals surface area contributed by atoms with Gasteiger partial charge < -0.3 is 0 Å². The van der Waals surface area contributed by atoms with E-state index in [9.17, 15) is 0 Å². The second-order valence-electron chi connectivity index (χ2n) is 5.15. The topological polar surface area (TPSA) is 0 Å². The number of hydrogen-bond acceptors (Lipinski definition) is 0. The zero-order chi connectivity index (χ0) is 10.4. The first-order valence-electron chi connectivity index (χ1n) is 3.95. The van der Waals surface area contributed by atoms with Gasteiger partial charge in [0.15, 0.2) is 0 Å². The Balaban J connectivity index is 5.29. The molecule has 0 spiro atoms. The molecular formula is C8H18Cl3P. The normalized spacial score (nSPS) is 18.6.